The Labute approximate surface area is 187 Å². The maximum absolute atomic E-state index is 12.6. The SMILES string of the molecule is COc1ccc(CN2CCNC(=O)[C@H]2CC(=O)NCCc2nc3ccccc3[nH]2)cc1C. The molecule has 3 aromatic rings. The van der Waals surface area contributed by atoms with Crippen LogP contribution in [0.25, 0.3) is 11.0 Å². The number of carbonyl (C=O) groups is 2. The van der Waals surface area contributed by atoms with Gasteiger partial charge in [-0.1, -0.05) is 24.3 Å². The second kappa shape index (κ2) is 9.82. The molecule has 168 valence electrons. The van der Waals surface area contributed by atoms with Crippen LogP contribution in [0.4, 0.5) is 0 Å². The summed E-state index contributed by atoms with van der Waals surface area (Å²) >= 11 is 0. The molecule has 32 heavy (non-hydrogen) atoms. The summed E-state index contributed by atoms with van der Waals surface area (Å²) in [5, 5.41) is 5.81. The maximum Gasteiger partial charge on any atom is 0.237 e. The molecule has 2 amide bonds. The molecule has 3 N–H and O–H groups in total. The van der Waals surface area contributed by atoms with Crippen molar-refractivity contribution in [1.82, 2.24) is 25.5 Å². The number of piperazine rings is 1. The molecule has 0 unspecified atom stereocenters. The van der Waals surface area contributed by atoms with Crippen molar-refractivity contribution in [3.05, 3.63) is 59.4 Å². The number of carbonyl (C=O) groups excluding carboxylic acids is 2. The van der Waals surface area contributed by atoms with Gasteiger partial charge in [0.25, 0.3) is 0 Å². The number of nitrogens with zero attached hydrogens (tertiary/aromatic N) is 2. The van der Waals surface area contributed by atoms with Gasteiger partial charge in [0, 0.05) is 32.6 Å². The standard InChI is InChI=1S/C24H29N5O3/c1-16-13-17(7-8-21(16)32-2)15-29-12-11-26-24(31)20(29)14-23(30)25-10-9-22-27-18-5-3-4-6-19(18)28-22/h3-8,13,20H,9-12,14-15H2,1-2H3,(H,25,30)(H,26,31)(H,27,28)/t20-/m1/s1. The zero-order valence-electron chi connectivity index (χ0n) is 18.5. The molecule has 1 aliphatic rings. The first kappa shape index (κ1) is 21.8. The average Bonchev–Trinajstić information content (AvgIpc) is 3.19. The number of hydrogen-bond acceptors (Lipinski definition) is 5. The monoisotopic (exact) mass is 435 g/mol. The Bertz CT molecular complexity index is 1080. The molecule has 1 fully saturated rings. The highest BCUT2D eigenvalue weighted by atomic mass is 16.5. The number of imidazole rings is 1. The van der Waals surface area contributed by atoms with Crippen molar-refractivity contribution in [2.24, 2.45) is 0 Å². The molecular formula is C24H29N5O3. The fourth-order valence-corrected chi connectivity index (χ4v) is 4.14. The Morgan fingerprint density at radius 2 is 2.12 bits per heavy atom. The third-order valence-corrected chi connectivity index (χ3v) is 5.79. The van der Waals surface area contributed by atoms with Gasteiger partial charge in [0.2, 0.25) is 11.8 Å². The van der Waals surface area contributed by atoms with Crippen LogP contribution in [0, 0.1) is 6.92 Å². The van der Waals surface area contributed by atoms with Gasteiger partial charge in [-0.05, 0) is 36.2 Å². The lowest BCUT2D eigenvalue weighted by Gasteiger charge is -2.34. The van der Waals surface area contributed by atoms with Crippen LogP contribution in [-0.4, -0.2) is 59.5 Å². The van der Waals surface area contributed by atoms with Crippen molar-refractivity contribution in [3.63, 3.8) is 0 Å². The molecule has 2 heterocycles. The second-order valence-electron chi connectivity index (χ2n) is 8.09. The highest BCUT2D eigenvalue weighted by Crippen LogP contribution is 2.21. The van der Waals surface area contributed by atoms with Gasteiger partial charge in [-0.2, -0.15) is 0 Å². The fourth-order valence-electron chi connectivity index (χ4n) is 4.14. The average molecular weight is 436 g/mol. The highest BCUT2D eigenvalue weighted by Gasteiger charge is 2.31. The van der Waals surface area contributed by atoms with Crippen molar-refractivity contribution in [2.45, 2.75) is 32.4 Å². The van der Waals surface area contributed by atoms with E-state index in [4.69, 9.17) is 4.74 Å². The van der Waals surface area contributed by atoms with Crippen molar-refractivity contribution in [3.8, 4) is 5.75 Å². The van der Waals surface area contributed by atoms with Gasteiger partial charge in [0.05, 0.1) is 30.6 Å². The number of para-hydroxylation sites is 2. The van der Waals surface area contributed by atoms with E-state index in [-0.39, 0.29) is 18.2 Å². The van der Waals surface area contributed by atoms with Crippen LogP contribution in [0.5, 0.6) is 5.75 Å². The third kappa shape index (κ3) is 5.08. The van der Waals surface area contributed by atoms with Gasteiger partial charge >= 0.3 is 0 Å². The first-order valence-electron chi connectivity index (χ1n) is 10.9. The summed E-state index contributed by atoms with van der Waals surface area (Å²) < 4.78 is 5.33. The maximum atomic E-state index is 12.6. The zero-order valence-corrected chi connectivity index (χ0v) is 18.5. The first-order chi connectivity index (χ1) is 15.5. The van der Waals surface area contributed by atoms with Crippen molar-refractivity contribution < 1.29 is 14.3 Å². The predicted octanol–water partition coefficient (Wildman–Crippen LogP) is 1.93. The van der Waals surface area contributed by atoms with Gasteiger partial charge in [-0.15, -0.1) is 0 Å². The van der Waals surface area contributed by atoms with Crippen molar-refractivity contribution >= 4 is 22.8 Å². The van der Waals surface area contributed by atoms with E-state index in [1.165, 1.54) is 0 Å². The zero-order chi connectivity index (χ0) is 22.5. The minimum Gasteiger partial charge on any atom is -0.496 e. The van der Waals surface area contributed by atoms with Crippen LogP contribution >= 0.6 is 0 Å². The Balaban J connectivity index is 1.33. The topological polar surface area (TPSA) is 99.3 Å². The lowest BCUT2D eigenvalue weighted by atomic mass is 10.1. The Morgan fingerprint density at radius 1 is 1.28 bits per heavy atom. The van der Waals surface area contributed by atoms with E-state index >= 15 is 0 Å². The number of amides is 2. The van der Waals surface area contributed by atoms with Crippen molar-refractivity contribution in [1.29, 1.82) is 0 Å². The largest absolute Gasteiger partial charge is 0.496 e. The predicted molar refractivity (Wildman–Crippen MR) is 122 cm³/mol. The molecular weight excluding hydrogens is 406 g/mol. The van der Waals surface area contributed by atoms with E-state index in [1.54, 1.807) is 7.11 Å². The van der Waals surface area contributed by atoms with E-state index in [0.29, 0.717) is 32.6 Å². The summed E-state index contributed by atoms with van der Waals surface area (Å²) in [4.78, 5) is 35.0. The number of hydrogen-bond donors (Lipinski definition) is 3. The number of benzene rings is 2. The van der Waals surface area contributed by atoms with Gasteiger partial charge in [-0.25, -0.2) is 4.98 Å². The molecule has 1 saturated heterocycles. The molecule has 8 nitrogen and oxygen atoms in total. The summed E-state index contributed by atoms with van der Waals surface area (Å²) in [6, 6.07) is 13.4. The second-order valence-corrected chi connectivity index (χ2v) is 8.09. The van der Waals surface area contributed by atoms with Gasteiger partial charge in [0.1, 0.15) is 11.6 Å². The molecule has 0 aliphatic carbocycles. The molecule has 8 heteroatoms. The molecule has 0 bridgehead atoms. The smallest absolute Gasteiger partial charge is 0.237 e. The molecule has 1 aromatic heterocycles. The third-order valence-electron chi connectivity index (χ3n) is 5.79. The minimum absolute atomic E-state index is 0.103. The molecule has 0 radical (unpaired) electrons. The highest BCUT2D eigenvalue weighted by molar-refractivity contribution is 5.88. The summed E-state index contributed by atoms with van der Waals surface area (Å²) in [6.45, 7) is 4.35. The van der Waals surface area contributed by atoms with Crippen LogP contribution in [0.1, 0.15) is 23.4 Å². The van der Waals surface area contributed by atoms with E-state index in [0.717, 1.165) is 33.7 Å². The van der Waals surface area contributed by atoms with Crippen LogP contribution < -0.4 is 15.4 Å². The minimum atomic E-state index is -0.489. The van der Waals surface area contributed by atoms with Crippen LogP contribution in [-0.2, 0) is 22.6 Å². The summed E-state index contributed by atoms with van der Waals surface area (Å²) in [6.07, 6.45) is 0.729. The van der Waals surface area contributed by atoms with Crippen LogP contribution in [0.2, 0.25) is 0 Å². The van der Waals surface area contributed by atoms with Crippen LogP contribution in [0.15, 0.2) is 42.5 Å². The molecule has 0 saturated carbocycles. The number of fused-ring (bicyclic) bond motifs is 1. The molecule has 0 spiro atoms. The normalized spacial score (nSPS) is 16.7. The molecule has 2 aromatic carbocycles. The number of ether oxygens (including phenoxy) is 1. The number of rotatable bonds is 8. The quantitative estimate of drug-likeness (QED) is 0.502. The lowest BCUT2D eigenvalue weighted by molar-refractivity contribution is -0.134. The fraction of sp³-hybridized carbons (Fsp3) is 0.375. The summed E-state index contributed by atoms with van der Waals surface area (Å²) in [5.74, 6) is 1.43. The van der Waals surface area contributed by atoms with Crippen LogP contribution in [0.3, 0.4) is 0 Å². The molecule has 1 atom stereocenters. The number of nitrogens with one attached hydrogen (secondary N) is 3. The number of H-pyrrole nitrogens is 1. The van der Waals surface area contributed by atoms with E-state index in [9.17, 15) is 9.59 Å². The van der Waals surface area contributed by atoms with Gasteiger partial charge in [0.15, 0.2) is 0 Å². The number of aromatic amines is 1. The van der Waals surface area contributed by atoms with E-state index < -0.39 is 6.04 Å². The first-order valence-corrected chi connectivity index (χ1v) is 10.9. The number of aromatic nitrogens is 2. The Kier molecular flexibility index (Phi) is 6.70. The Hall–Kier alpha value is -3.39. The lowest BCUT2D eigenvalue weighted by Crippen LogP contribution is -2.56. The van der Waals surface area contributed by atoms with E-state index in [1.807, 2.05) is 43.3 Å². The summed E-state index contributed by atoms with van der Waals surface area (Å²) in [7, 11) is 1.65. The molecule has 1 aliphatic heterocycles. The number of methoxy groups -OCH3 is 1. The number of aryl methyl sites for hydroxylation is 1. The molecule has 4 rings (SSSR count). The summed E-state index contributed by atoms with van der Waals surface area (Å²) in [5.41, 5.74) is 4.04. The van der Waals surface area contributed by atoms with Gasteiger partial charge in [-0.3, -0.25) is 14.5 Å². The van der Waals surface area contributed by atoms with Gasteiger partial charge < -0.3 is 20.4 Å². The Morgan fingerprint density at radius 3 is 2.91 bits per heavy atom. The van der Waals surface area contributed by atoms with Crippen molar-refractivity contribution in [2.75, 3.05) is 26.7 Å². The van der Waals surface area contributed by atoms with E-state index in [2.05, 4.69) is 31.6 Å².